The second-order valence-electron chi connectivity index (χ2n) is 10.2. The molecule has 0 saturated carbocycles. The summed E-state index contributed by atoms with van der Waals surface area (Å²) >= 11 is 0. The van der Waals surface area contributed by atoms with Crippen LogP contribution in [0.3, 0.4) is 0 Å². The topological polar surface area (TPSA) is 104 Å². The maximum absolute atomic E-state index is 6.31. The lowest BCUT2D eigenvalue weighted by Crippen LogP contribution is -2.44. The van der Waals surface area contributed by atoms with Crippen molar-refractivity contribution in [3.8, 4) is 28.5 Å². The number of aromatic nitrogens is 5. The standard InChI is InChI=1S/C30H31N7O2/c1-19-10-25(38-18-22-14-33-20(2)34-15-22)13-26(11-19)39-24-6-4-23(5-7-24)28-29-30(31)32-8-9-37(29)27(35-28)12-21-16-36(3)17-21/h4-11,13-15,21H,12,16-18H2,1-3H3,(H2,31,32). The molecule has 1 aliphatic rings. The summed E-state index contributed by atoms with van der Waals surface area (Å²) in [4.78, 5) is 20.1. The first kappa shape index (κ1) is 24.8. The maximum atomic E-state index is 6.31. The number of hydrogen-bond acceptors (Lipinski definition) is 8. The number of ether oxygens (including phenoxy) is 2. The van der Waals surface area contributed by atoms with Crippen molar-refractivity contribution in [3.05, 3.63) is 90.0 Å². The molecule has 5 aromatic rings. The monoisotopic (exact) mass is 521 g/mol. The van der Waals surface area contributed by atoms with Crippen LogP contribution >= 0.6 is 0 Å². The van der Waals surface area contributed by atoms with E-state index in [1.165, 1.54) is 0 Å². The van der Waals surface area contributed by atoms with Crippen LogP contribution in [0.4, 0.5) is 5.82 Å². The Labute approximate surface area is 227 Å². The molecule has 198 valence electrons. The number of likely N-dealkylation sites (tertiary alicyclic amines) is 1. The van der Waals surface area contributed by atoms with E-state index in [9.17, 15) is 0 Å². The van der Waals surface area contributed by atoms with Gasteiger partial charge in [0.05, 0.1) is 0 Å². The van der Waals surface area contributed by atoms with E-state index in [0.717, 1.165) is 70.6 Å². The summed E-state index contributed by atoms with van der Waals surface area (Å²) in [6.45, 7) is 6.43. The van der Waals surface area contributed by atoms with Crippen LogP contribution in [-0.2, 0) is 13.0 Å². The number of aryl methyl sites for hydroxylation is 2. The van der Waals surface area contributed by atoms with Gasteiger partial charge in [-0.2, -0.15) is 0 Å². The van der Waals surface area contributed by atoms with Crippen LogP contribution in [0.15, 0.2) is 67.3 Å². The molecule has 0 bridgehead atoms. The predicted molar refractivity (Wildman–Crippen MR) is 150 cm³/mol. The summed E-state index contributed by atoms with van der Waals surface area (Å²) in [6.07, 6.45) is 8.14. The molecule has 1 aliphatic heterocycles. The van der Waals surface area contributed by atoms with Gasteiger partial charge in [0.2, 0.25) is 0 Å². The van der Waals surface area contributed by atoms with Crippen LogP contribution in [-0.4, -0.2) is 49.4 Å². The quantitative estimate of drug-likeness (QED) is 0.309. The molecule has 4 heterocycles. The molecule has 1 fully saturated rings. The molecule has 0 radical (unpaired) electrons. The molecule has 2 aromatic carbocycles. The summed E-state index contributed by atoms with van der Waals surface area (Å²) in [5.41, 5.74) is 10.9. The highest BCUT2D eigenvalue weighted by Crippen LogP contribution is 2.33. The van der Waals surface area contributed by atoms with Crippen molar-refractivity contribution < 1.29 is 9.47 Å². The van der Waals surface area contributed by atoms with Crippen molar-refractivity contribution in [1.82, 2.24) is 29.2 Å². The van der Waals surface area contributed by atoms with Gasteiger partial charge in [0, 0.05) is 61.5 Å². The van der Waals surface area contributed by atoms with Crippen molar-refractivity contribution in [2.24, 2.45) is 5.92 Å². The lowest BCUT2D eigenvalue weighted by atomic mass is 9.97. The molecule has 0 unspecified atom stereocenters. The molecule has 2 N–H and O–H groups in total. The number of imidazole rings is 1. The summed E-state index contributed by atoms with van der Waals surface area (Å²) in [7, 11) is 2.14. The van der Waals surface area contributed by atoms with Gasteiger partial charge >= 0.3 is 0 Å². The van der Waals surface area contributed by atoms with E-state index in [1.807, 2.05) is 62.5 Å². The molecule has 6 rings (SSSR count). The first-order valence-electron chi connectivity index (χ1n) is 13.0. The van der Waals surface area contributed by atoms with Gasteiger partial charge in [-0.1, -0.05) is 0 Å². The largest absolute Gasteiger partial charge is 0.489 e. The van der Waals surface area contributed by atoms with Crippen LogP contribution in [0, 0.1) is 19.8 Å². The number of nitrogen functional groups attached to an aromatic ring is 1. The summed E-state index contributed by atoms with van der Waals surface area (Å²) in [6, 6.07) is 13.8. The van der Waals surface area contributed by atoms with E-state index in [1.54, 1.807) is 18.6 Å². The Hall–Kier alpha value is -4.50. The van der Waals surface area contributed by atoms with Gasteiger partial charge < -0.3 is 20.1 Å². The van der Waals surface area contributed by atoms with Gasteiger partial charge in [-0.05, 0) is 68.8 Å². The zero-order valence-corrected chi connectivity index (χ0v) is 22.3. The average Bonchev–Trinajstić information content (AvgIpc) is 3.27. The SMILES string of the molecule is Cc1cc(OCc2cnc(C)nc2)cc(Oc2ccc(-c3nc(CC4CN(C)C4)n4ccnc(N)c34)cc2)c1. The van der Waals surface area contributed by atoms with E-state index in [0.29, 0.717) is 24.1 Å². The third-order valence-corrected chi connectivity index (χ3v) is 6.89. The highest BCUT2D eigenvalue weighted by molar-refractivity contribution is 5.85. The van der Waals surface area contributed by atoms with Gasteiger partial charge in [0.15, 0.2) is 0 Å². The summed E-state index contributed by atoms with van der Waals surface area (Å²) in [5, 5.41) is 0. The smallest absolute Gasteiger partial charge is 0.150 e. The Kier molecular flexibility index (Phi) is 6.58. The molecule has 0 aliphatic carbocycles. The maximum Gasteiger partial charge on any atom is 0.150 e. The lowest BCUT2D eigenvalue weighted by Gasteiger charge is -2.35. The third-order valence-electron chi connectivity index (χ3n) is 6.89. The fourth-order valence-electron chi connectivity index (χ4n) is 5.02. The van der Waals surface area contributed by atoms with Gasteiger partial charge in [-0.3, -0.25) is 4.40 Å². The zero-order chi connectivity index (χ0) is 26.9. The minimum absolute atomic E-state index is 0.383. The van der Waals surface area contributed by atoms with Crippen molar-refractivity contribution in [3.63, 3.8) is 0 Å². The Balaban J connectivity index is 1.20. The molecule has 3 aromatic heterocycles. The number of rotatable bonds is 8. The number of nitrogens with two attached hydrogens (primary N) is 1. The second-order valence-corrected chi connectivity index (χ2v) is 10.2. The normalized spacial score (nSPS) is 13.9. The van der Waals surface area contributed by atoms with Crippen molar-refractivity contribution >= 4 is 11.3 Å². The van der Waals surface area contributed by atoms with Crippen LogP contribution in [0.1, 0.15) is 22.8 Å². The molecule has 1 saturated heterocycles. The number of benzene rings is 2. The molecule has 0 atom stereocenters. The highest BCUT2D eigenvalue weighted by Gasteiger charge is 2.26. The number of nitrogens with zero attached hydrogens (tertiary/aromatic N) is 6. The first-order valence-corrected chi connectivity index (χ1v) is 13.0. The molecule has 0 amide bonds. The van der Waals surface area contributed by atoms with Crippen LogP contribution in [0.2, 0.25) is 0 Å². The Morgan fingerprint density at radius 2 is 1.69 bits per heavy atom. The highest BCUT2D eigenvalue weighted by atomic mass is 16.5. The molecule has 9 nitrogen and oxygen atoms in total. The van der Waals surface area contributed by atoms with Gasteiger partial charge in [-0.15, -0.1) is 0 Å². The molecule has 39 heavy (non-hydrogen) atoms. The fourth-order valence-corrected chi connectivity index (χ4v) is 5.02. The van der Waals surface area contributed by atoms with E-state index in [4.69, 9.17) is 20.2 Å². The third kappa shape index (κ3) is 5.39. The van der Waals surface area contributed by atoms with Crippen LogP contribution in [0.5, 0.6) is 17.2 Å². The summed E-state index contributed by atoms with van der Waals surface area (Å²) < 4.78 is 14.2. The minimum atomic E-state index is 0.383. The molecule has 9 heteroatoms. The number of fused-ring (bicyclic) bond motifs is 1. The van der Waals surface area contributed by atoms with Gasteiger partial charge in [0.1, 0.15) is 52.5 Å². The predicted octanol–water partition coefficient (Wildman–Crippen LogP) is 4.86. The van der Waals surface area contributed by atoms with Gasteiger partial charge in [0.25, 0.3) is 0 Å². The first-order chi connectivity index (χ1) is 18.9. The Morgan fingerprint density at radius 1 is 0.949 bits per heavy atom. The van der Waals surface area contributed by atoms with Crippen molar-refractivity contribution in [2.75, 3.05) is 25.9 Å². The zero-order valence-electron chi connectivity index (χ0n) is 22.3. The lowest BCUT2D eigenvalue weighted by molar-refractivity contribution is 0.133. The fraction of sp³-hybridized carbons (Fsp3) is 0.267. The van der Waals surface area contributed by atoms with Crippen LogP contribution < -0.4 is 15.2 Å². The Bertz CT molecular complexity index is 1610. The Morgan fingerprint density at radius 3 is 2.44 bits per heavy atom. The number of anilines is 1. The van der Waals surface area contributed by atoms with E-state index in [2.05, 4.69) is 31.3 Å². The summed E-state index contributed by atoms with van der Waals surface area (Å²) in [5.74, 6) is 4.96. The minimum Gasteiger partial charge on any atom is -0.489 e. The molecular formula is C30H31N7O2. The van der Waals surface area contributed by atoms with E-state index < -0.39 is 0 Å². The van der Waals surface area contributed by atoms with E-state index >= 15 is 0 Å². The molecular weight excluding hydrogens is 490 g/mol. The van der Waals surface area contributed by atoms with E-state index in [-0.39, 0.29) is 0 Å². The average molecular weight is 522 g/mol. The number of hydrogen-bond donors (Lipinski definition) is 1. The van der Waals surface area contributed by atoms with Gasteiger partial charge in [-0.25, -0.2) is 19.9 Å². The van der Waals surface area contributed by atoms with Crippen LogP contribution in [0.25, 0.3) is 16.8 Å². The van der Waals surface area contributed by atoms with Crippen molar-refractivity contribution in [2.45, 2.75) is 26.9 Å². The second kappa shape index (κ2) is 10.3. The molecule has 0 spiro atoms. The van der Waals surface area contributed by atoms with Crippen molar-refractivity contribution in [1.29, 1.82) is 0 Å².